The van der Waals surface area contributed by atoms with Crippen LogP contribution in [-0.2, 0) is 16.0 Å². The van der Waals surface area contributed by atoms with Crippen LogP contribution >= 0.6 is 11.6 Å². The van der Waals surface area contributed by atoms with E-state index in [0.29, 0.717) is 10.8 Å². The van der Waals surface area contributed by atoms with Gasteiger partial charge in [0.05, 0.1) is 23.0 Å². The molecular weight excluding hydrogens is 452 g/mol. The second-order valence-electron chi connectivity index (χ2n) is 6.98. The molecule has 0 fully saturated rings. The van der Waals surface area contributed by atoms with E-state index >= 15 is 0 Å². The maximum Gasteiger partial charge on any atom is 0.272 e. The van der Waals surface area contributed by atoms with E-state index < -0.39 is 22.9 Å². The van der Waals surface area contributed by atoms with Gasteiger partial charge >= 0.3 is 0 Å². The summed E-state index contributed by atoms with van der Waals surface area (Å²) in [5.41, 5.74) is -0.152. The predicted octanol–water partition coefficient (Wildman–Crippen LogP) is 1.61. The lowest BCUT2D eigenvalue weighted by Gasteiger charge is -2.08. The lowest BCUT2D eigenvalue weighted by atomic mass is 10.1. The smallest absolute Gasteiger partial charge is 0.272 e. The second kappa shape index (κ2) is 9.49. The third-order valence-corrected chi connectivity index (χ3v) is 4.93. The van der Waals surface area contributed by atoms with Gasteiger partial charge in [0.15, 0.2) is 0 Å². The summed E-state index contributed by atoms with van der Waals surface area (Å²) in [6, 6.07) is 11.4. The van der Waals surface area contributed by atoms with Crippen LogP contribution in [0.4, 0.5) is 5.69 Å². The van der Waals surface area contributed by atoms with Gasteiger partial charge in [-0.1, -0.05) is 22.8 Å². The first-order valence-electron chi connectivity index (χ1n) is 9.79. The number of nitrogens with one attached hydrogen (secondary N) is 4. The first-order chi connectivity index (χ1) is 15.9. The van der Waals surface area contributed by atoms with E-state index in [2.05, 4.69) is 31.0 Å². The van der Waals surface area contributed by atoms with Crippen molar-refractivity contribution in [1.29, 1.82) is 0 Å². The summed E-state index contributed by atoms with van der Waals surface area (Å²) >= 11 is 5.86. The minimum Gasteiger partial charge on any atom is -0.347 e. The Bertz CT molecular complexity index is 1440. The predicted molar refractivity (Wildman–Crippen MR) is 120 cm³/mol. The van der Waals surface area contributed by atoms with Gasteiger partial charge in [0.25, 0.3) is 11.1 Å². The number of nitrogens with zero attached hydrogens (tertiary/aromatic N) is 2. The summed E-state index contributed by atoms with van der Waals surface area (Å²) < 4.78 is 5.15. The Morgan fingerprint density at radius 1 is 1.00 bits per heavy atom. The van der Waals surface area contributed by atoms with Gasteiger partial charge in [0, 0.05) is 23.4 Å². The third-order valence-electron chi connectivity index (χ3n) is 4.68. The number of benzene rings is 2. The molecule has 0 atom stereocenters. The SMILES string of the molecule is O=C(CCc1nc(-c2ccc(Cl)cc2)no1)NCC(=O)Nc1cccc2c(=O)[nH][nH]c(=O)c12. The van der Waals surface area contributed by atoms with Crippen molar-refractivity contribution in [3.05, 3.63) is 74.1 Å². The molecule has 168 valence electrons. The fourth-order valence-electron chi connectivity index (χ4n) is 3.09. The van der Waals surface area contributed by atoms with Crippen LogP contribution in [0.3, 0.4) is 0 Å². The van der Waals surface area contributed by atoms with Crippen molar-refractivity contribution in [2.75, 3.05) is 11.9 Å². The molecule has 0 radical (unpaired) electrons. The van der Waals surface area contributed by atoms with Gasteiger partial charge in [-0.05, 0) is 36.4 Å². The summed E-state index contributed by atoms with van der Waals surface area (Å²) in [4.78, 5) is 52.5. The molecule has 0 aliphatic rings. The van der Waals surface area contributed by atoms with Crippen molar-refractivity contribution in [3.8, 4) is 11.4 Å². The molecule has 4 rings (SSSR count). The van der Waals surface area contributed by atoms with Crippen molar-refractivity contribution in [2.45, 2.75) is 12.8 Å². The Hall–Kier alpha value is -4.25. The zero-order valence-corrected chi connectivity index (χ0v) is 17.7. The fourth-order valence-corrected chi connectivity index (χ4v) is 3.21. The molecule has 2 heterocycles. The van der Waals surface area contributed by atoms with Gasteiger partial charge in [-0.3, -0.25) is 29.4 Å². The summed E-state index contributed by atoms with van der Waals surface area (Å²) in [7, 11) is 0. The summed E-state index contributed by atoms with van der Waals surface area (Å²) in [5.74, 6) is -0.299. The third kappa shape index (κ3) is 5.15. The van der Waals surface area contributed by atoms with Crippen LogP contribution in [0.5, 0.6) is 0 Å². The number of rotatable bonds is 7. The minimum absolute atomic E-state index is 0.0266. The van der Waals surface area contributed by atoms with Gasteiger partial charge in [0.1, 0.15) is 0 Å². The standard InChI is InChI=1S/C21H17ClN6O5/c22-12-6-4-11(5-7-12)19-25-17(33-28-19)9-8-15(29)23-10-16(30)24-14-3-1-2-13-18(14)21(32)27-26-20(13)31/h1-7H,8-10H2,(H,23,29)(H,24,30)(H,26,31)(H,27,32). The average molecular weight is 469 g/mol. The zero-order chi connectivity index (χ0) is 23.4. The molecule has 0 spiro atoms. The highest BCUT2D eigenvalue weighted by molar-refractivity contribution is 6.30. The van der Waals surface area contributed by atoms with Crippen LogP contribution in [0.25, 0.3) is 22.2 Å². The number of halogens is 1. The number of H-pyrrole nitrogens is 2. The Labute approximate surface area is 190 Å². The van der Waals surface area contributed by atoms with Crippen LogP contribution in [0, 0.1) is 0 Å². The number of hydrogen-bond donors (Lipinski definition) is 4. The van der Waals surface area contributed by atoms with Gasteiger partial charge in [-0.2, -0.15) is 4.98 Å². The highest BCUT2D eigenvalue weighted by Crippen LogP contribution is 2.19. The molecular formula is C21H17ClN6O5. The van der Waals surface area contributed by atoms with E-state index in [0.717, 1.165) is 5.56 Å². The van der Waals surface area contributed by atoms with Crippen LogP contribution in [0.15, 0.2) is 56.6 Å². The minimum atomic E-state index is -0.557. The molecule has 2 amide bonds. The quantitative estimate of drug-likeness (QED) is 0.320. The van der Waals surface area contributed by atoms with E-state index in [1.807, 2.05) is 0 Å². The number of amides is 2. The number of anilines is 1. The van der Waals surface area contributed by atoms with Crippen molar-refractivity contribution in [2.24, 2.45) is 0 Å². The number of hydrogen-bond acceptors (Lipinski definition) is 7. The van der Waals surface area contributed by atoms with Gasteiger partial charge < -0.3 is 15.2 Å². The summed E-state index contributed by atoms with van der Waals surface area (Å²) in [5, 5.41) is 14.1. The topological polar surface area (TPSA) is 163 Å². The number of fused-ring (bicyclic) bond motifs is 1. The molecule has 11 nitrogen and oxygen atoms in total. The Balaban J connectivity index is 1.30. The van der Waals surface area contributed by atoms with E-state index in [9.17, 15) is 19.2 Å². The number of aromatic amines is 2. The maximum absolute atomic E-state index is 12.2. The van der Waals surface area contributed by atoms with Crippen molar-refractivity contribution >= 4 is 39.9 Å². The molecule has 2 aromatic heterocycles. The highest BCUT2D eigenvalue weighted by Gasteiger charge is 2.13. The van der Waals surface area contributed by atoms with Gasteiger partial charge in [-0.15, -0.1) is 0 Å². The molecule has 0 aliphatic carbocycles. The van der Waals surface area contributed by atoms with Gasteiger partial charge in [0.2, 0.25) is 23.5 Å². The normalized spacial score (nSPS) is 10.8. The lowest BCUT2D eigenvalue weighted by Crippen LogP contribution is -2.33. The number of aromatic nitrogens is 4. The van der Waals surface area contributed by atoms with Crippen LogP contribution in [-0.4, -0.2) is 38.7 Å². The summed E-state index contributed by atoms with van der Waals surface area (Å²) in [6.45, 7) is -0.323. The molecule has 0 unspecified atom stereocenters. The molecule has 33 heavy (non-hydrogen) atoms. The van der Waals surface area contributed by atoms with Crippen molar-refractivity contribution in [3.63, 3.8) is 0 Å². The molecule has 0 saturated heterocycles. The lowest BCUT2D eigenvalue weighted by molar-refractivity contribution is -0.124. The Kier molecular flexibility index (Phi) is 6.31. The van der Waals surface area contributed by atoms with Crippen molar-refractivity contribution in [1.82, 2.24) is 25.7 Å². The van der Waals surface area contributed by atoms with Crippen molar-refractivity contribution < 1.29 is 14.1 Å². The number of carbonyl (C=O) groups is 2. The monoisotopic (exact) mass is 468 g/mol. The first-order valence-corrected chi connectivity index (χ1v) is 10.2. The molecule has 4 aromatic rings. The first kappa shape index (κ1) is 22.0. The fraction of sp³-hybridized carbons (Fsp3) is 0.143. The van der Waals surface area contributed by atoms with Crippen LogP contribution < -0.4 is 21.8 Å². The van der Waals surface area contributed by atoms with Gasteiger partial charge in [-0.25, -0.2) is 0 Å². The number of aryl methyl sites for hydroxylation is 1. The second-order valence-corrected chi connectivity index (χ2v) is 7.42. The Morgan fingerprint density at radius 2 is 1.76 bits per heavy atom. The van der Waals surface area contributed by atoms with E-state index in [1.54, 1.807) is 24.3 Å². The molecule has 0 aliphatic heterocycles. The van der Waals surface area contributed by atoms with E-state index in [-0.39, 0.29) is 41.7 Å². The summed E-state index contributed by atoms with van der Waals surface area (Å²) in [6.07, 6.45) is 0.217. The molecule has 0 bridgehead atoms. The van der Waals surface area contributed by atoms with E-state index in [1.165, 1.54) is 18.2 Å². The molecule has 2 aromatic carbocycles. The molecule has 0 saturated carbocycles. The average Bonchev–Trinajstić information content (AvgIpc) is 3.28. The zero-order valence-electron chi connectivity index (χ0n) is 17.0. The molecule has 4 N–H and O–H groups in total. The van der Waals surface area contributed by atoms with Crippen LogP contribution in [0.1, 0.15) is 12.3 Å². The maximum atomic E-state index is 12.2. The number of carbonyl (C=O) groups excluding carboxylic acids is 2. The largest absolute Gasteiger partial charge is 0.347 e. The molecule has 12 heteroatoms. The van der Waals surface area contributed by atoms with E-state index in [4.69, 9.17) is 16.1 Å². The van der Waals surface area contributed by atoms with Crippen LogP contribution in [0.2, 0.25) is 5.02 Å². The Morgan fingerprint density at radius 3 is 2.55 bits per heavy atom. The highest BCUT2D eigenvalue weighted by atomic mass is 35.5.